The number of carbonyl (C=O) groups is 3. The van der Waals surface area contributed by atoms with Crippen molar-refractivity contribution in [2.75, 3.05) is 24.4 Å². The van der Waals surface area contributed by atoms with Crippen LogP contribution >= 0.6 is 23.2 Å². The molecule has 1 spiro atoms. The number of hydrogen-bond acceptors (Lipinski definition) is 5. The highest BCUT2D eigenvalue weighted by Crippen LogP contribution is 2.57. The number of carboxylic acids is 1. The van der Waals surface area contributed by atoms with Crippen LogP contribution in [0.15, 0.2) is 54.6 Å². The molecule has 3 aromatic rings. The molecule has 8 nitrogen and oxygen atoms in total. The standard InChI is InChI=1S/C31H29Cl2F2N3O5/c1-30(2,14-34)13-23-31(18-9-8-16(32)12-21(18)37-29(31)42)24(17-5-4-6-19(33)25(17)35)26(38-23)27(39)36-20-10-7-15(28(40)41)11-22(20)43-3/h4-12,23-24,26,38H,13-14H2,1-3H3,(H,36,39)(H,37,42)(H,40,41)/t23-,24?,26+,31+/m0/s1. The topological polar surface area (TPSA) is 117 Å². The number of aromatic carboxylic acids is 1. The fourth-order valence-corrected chi connectivity index (χ4v) is 6.64. The van der Waals surface area contributed by atoms with Gasteiger partial charge in [-0.25, -0.2) is 9.18 Å². The highest BCUT2D eigenvalue weighted by molar-refractivity contribution is 6.31. The van der Waals surface area contributed by atoms with Crippen LogP contribution in [0, 0.1) is 11.2 Å². The largest absolute Gasteiger partial charge is 0.495 e. The van der Waals surface area contributed by atoms with Crippen molar-refractivity contribution >= 4 is 52.4 Å². The number of alkyl halides is 1. The quantitative estimate of drug-likeness (QED) is 0.236. The number of fused-ring (bicyclic) bond motifs is 2. The second-order valence-electron chi connectivity index (χ2n) is 11.5. The van der Waals surface area contributed by atoms with E-state index in [1.165, 1.54) is 43.5 Å². The number of methoxy groups -OCH3 is 1. The molecule has 2 aliphatic rings. The summed E-state index contributed by atoms with van der Waals surface area (Å²) in [6.45, 7) is 2.70. The van der Waals surface area contributed by atoms with Crippen LogP contribution in [0.2, 0.25) is 10.0 Å². The number of rotatable bonds is 8. The molecule has 0 radical (unpaired) electrons. The smallest absolute Gasteiger partial charge is 0.335 e. The monoisotopic (exact) mass is 631 g/mol. The second kappa shape index (κ2) is 11.4. The third-order valence-electron chi connectivity index (χ3n) is 8.23. The maximum atomic E-state index is 15.9. The second-order valence-corrected chi connectivity index (χ2v) is 12.4. The van der Waals surface area contributed by atoms with Crippen LogP contribution in [0.1, 0.15) is 47.7 Å². The van der Waals surface area contributed by atoms with Gasteiger partial charge in [-0.2, -0.15) is 0 Å². The minimum Gasteiger partial charge on any atom is -0.495 e. The molecule has 1 fully saturated rings. The van der Waals surface area contributed by atoms with Crippen molar-refractivity contribution in [3.05, 3.63) is 87.2 Å². The van der Waals surface area contributed by atoms with Crippen LogP contribution in [0.3, 0.4) is 0 Å². The van der Waals surface area contributed by atoms with Gasteiger partial charge in [-0.3, -0.25) is 14.0 Å². The molecule has 5 rings (SSSR count). The van der Waals surface area contributed by atoms with E-state index in [1.807, 2.05) is 0 Å². The molecule has 3 aromatic carbocycles. The van der Waals surface area contributed by atoms with Crippen LogP contribution in [0.5, 0.6) is 5.75 Å². The molecule has 4 atom stereocenters. The normalized spacial score (nSPS) is 22.8. The summed E-state index contributed by atoms with van der Waals surface area (Å²) in [4.78, 5) is 39.8. The average molecular weight is 632 g/mol. The fraction of sp³-hybridized carbons (Fsp3) is 0.323. The summed E-state index contributed by atoms with van der Waals surface area (Å²) in [5, 5.41) is 18.4. The lowest BCUT2D eigenvalue weighted by atomic mass is 9.62. The number of carbonyl (C=O) groups excluding carboxylic acids is 2. The first kappa shape index (κ1) is 30.7. The van der Waals surface area contributed by atoms with Crippen LogP contribution in [0.25, 0.3) is 0 Å². The zero-order valence-corrected chi connectivity index (χ0v) is 24.9. The number of nitrogens with one attached hydrogen (secondary N) is 3. The highest BCUT2D eigenvalue weighted by Gasteiger charge is 2.66. The first-order chi connectivity index (χ1) is 20.3. The Bertz CT molecular complexity index is 1630. The maximum absolute atomic E-state index is 15.9. The molecule has 0 aliphatic carbocycles. The Morgan fingerprint density at radius 3 is 2.56 bits per heavy atom. The third-order valence-corrected chi connectivity index (χ3v) is 8.76. The molecule has 1 saturated heterocycles. The average Bonchev–Trinajstić information content (AvgIpc) is 3.44. The molecule has 1 unspecified atom stereocenters. The molecule has 2 heterocycles. The lowest BCUT2D eigenvalue weighted by Gasteiger charge is -2.38. The van der Waals surface area contributed by atoms with Gasteiger partial charge < -0.3 is 25.8 Å². The molecule has 2 aliphatic heterocycles. The SMILES string of the molecule is COc1cc(C(=O)O)ccc1NC(=O)[C@@H]1N[C@@H](CC(C)(C)CF)[C@@]2(C(=O)Nc3cc(Cl)ccc32)C1c1cccc(Cl)c1F. The zero-order valence-electron chi connectivity index (χ0n) is 23.4. The molecule has 0 saturated carbocycles. The maximum Gasteiger partial charge on any atom is 0.335 e. The van der Waals surface area contributed by atoms with Crippen LogP contribution in [-0.2, 0) is 15.0 Å². The van der Waals surface area contributed by atoms with Crippen molar-refractivity contribution in [1.29, 1.82) is 0 Å². The Kier molecular flexibility index (Phi) is 8.15. The number of carboxylic acid groups (broad SMARTS) is 1. The van der Waals surface area contributed by atoms with Gasteiger partial charge >= 0.3 is 5.97 Å². The Morgan fingerprint density at radius 1 is 1.14 bits per heavy atom. The lowest BCUT2D eigenvalue weighted by molar-refractivity contribution is -0.122. The van der Waals surface area contributed by atoms with E-state index in [4.69, 9.17) is 27.9 Å². The minimum atomic E-state index is -1.57. The van der Waals surface area contributed by atoms with Gasteiger partial charge in [0.25, 0.3) is 0 Å². The van der Waals surface area contributed by atoms with Gasteiger partial charge in [0.2, 0.25) is 11.8 Å². The van der Waals surface area contributed by atoms with Crippen LogP contribution < -0.4 is 20.7 Å². The number of hydrogen-bond donors (Lipinski definition) is 4. The van der Waals surface area contributed by atoms with E-state index in [9.17, 15) is 23.9 Å². The summed E-state index contributed by atoms with van der Waals surface area (Å²) in [7, 11) is 1.32. The van der Waals surface area contributed by atoms with Gasteiger partial charge in [-0.05, 0) is 59.4 Å². The van der Waals surface area contributed by atoms with E-state index < -0.39 is 59.1 Å². The van der Waals surface area contributed by atoms with Gasteiger partial charge in [0.15, 0.2) is 0 Å². The van der Waals surface area contributed by atoms with E-state index in [2.05, 4.69) is 16.0 Å². The van der Waals surface area contributed by atoms with Crippen molar-refractivity contribution in [2.24, 2.45) is 5.41 Å². The van der Waals surface area contributed by atoms with Crippen molar-refractivity contribution in [3.8, 4) is 5.75 Å². The summed E-state index contributed by atoms with van der Waals surface area (Å²) < 4.78 is 35.5. The van der Waals surface area contributed by atoms with Crippen molar-refractivity contribution in [2.45, 2.75) is 43.7 Å². The molecule has 226 valence electrons. The van der Waals surface area contributed by atoms with E-state index in [-0.39, 0.29) is 34.0 Å². The minimum absolute atomic E-state index is 0.0202. The van der Waals surface area contributed by atoms with Gasteiger partial charge in [-0.15, -0.1) is 0 Å². The molecule has 0 aromatic heterocycles. The van der Waals surface area contributed by atoms with Gasteiger partial charge in [0.1, 0.15) is 17.0 Å². The van der Waals surface area contributed by atoms with E-state index in [0.717, 1.165) is 0 Å². The van der Waals surface area contributed by atoms with Crippen LogP contribution in [0.4, 0.5) is 20.2 Å². The first-order valence-corrected chi connectivity index (χ1v) is 14.2. The van der Waals surface area contributed by atoms with Crippen molar-refractivity contribution in [1.82, 2.24) is 5.32 Å². The third kappa shape index (κ3) is 5.21. The van der Waals surface area contributed by atoms with Crippen molar-refractivity contribution in [3.63, 3.8) is 0 Å². The predicted molar refractivity (Wildman–Crippen MR) is 160 cm³/mol. The van der Waals surface area contributed by atoms with E-state index in [0.29, 0.717) is 16.3 Å². The highest BCUT2D eigenvalue weighted by atomic mass is 35.5. The van der Waals surface area contributed by atoms with E-state index in [1.54, 1.807) is 32.0 Å². The molecule has 0 bridgehead atoms. The fourth-order valence-electron chi connectivity index (χ4n) is 6.29. The number of halogens is 4. The van der Waals surface area contributed by atoms with Gasteiger partial charge in [0.05, 0.1) is 36.1 Å². The van der Waals surface area contributed by atoms with E-state index >= 15 is 4.39 Å². The number of ether oxygens (including phenoxy) is 1. The molecule has 2 amide bonds. The van der Waals surface area contributed by atoms with Crippen molar-refractivity contribution < 1.29 is 33.0 Å². The Balaban J connectivity index is 1.71. The molecule has 12 heteroatoms. The molecule has 43 heavy (non-hydrogen) atoms. The predicted octanol–water partition coefficient (Wildman–Crippen LogP) is 6.18. The van der Waals surface area contributed by atoms with Gasteiger partial charge in [0, 0.05) is 22.7 Å². The summed E-state index contributed by atoms with van der Waals surface area (Å²) in [5.74, 6) is -4.20. The Morgan fingerprint density at radius 2 is 1.88 bits per heavy atom. The number of amides is 2. The molecular formula is C31H29Cl2F2N3O5. The Labute approximate surface area is 256 Å². The zero-order chi connectivity index (χ0) is 31.3. The number of benzene rings is 3. The summed E-state index contributed by atoms with van der Waals surface area (Å²) in [6.07, 6.45) is 0.109. The van der Waals surface area contributed by atoms with Gasteiger partial charge in [-0.1, -0.05) is 55.2 Å². The summed E-state index contributed by atoms with van der Waals surface area (Å²) in [6, 6.07) is 11.1. The summed E-state index contributed by atoms with van der Waals surface area (Å²) in [5.41, 5.74) is -1.48. The first-order valence-electron chi connectivity index (χ1n) is 13.4. The summed E-state index contributed by atoms with van der Waals surface area (Å²) >= 11 is 12.5. The van der Waals surface area contributed by atoms with Crippen LogP contribution in [-0.4, -0.2) is 48.8 Å². The molecular weight excluding hydrogens is 603 g/mol. The lowest BCUT2D eigenvalue weighted by Crippen LogP contribution is -2.50. The Hall–Kier alpha value is -3.73. The number of anilines is 2. The molecule has 4 N–H and O–H groups in total.